The van der Waals surface area contributed by atoms with Crippen LogP contribution in [0.25, 0.3) is 0 Å². The zero-order chi connectivity index (χ0) is 9.19. The highest BCUT2D eigenvalue weighted by Gasteiger charge is 1.88. The summed E-state index contributed by atoms with van der Waals surface area (Å²) < 4.78 is 0. The van der Waals surface area contributed by atoms with Crippen molar-refractivity contribution in [1.29, 1.82) is 0 Å². The molecule has 0 atom stereocenters. The summed E-state index contributed by atoms with van der Waals surface area (Å²) in [4.78, 5) is 0. The Balaban J connectivity index is 2.29. The van der Waals surface area contributed by atoms with Gasteiger partial charge in [0.1, 0.15) is 0 Å². The Bertz CT molecular complexity index is 164. The lowest BCUT2D eigenvalue weighted by Gasteiger charge is -1.97. The van der Waals surface area contributed by atoms with Crippen LogP contribution in [0.2, 0.25) is 0 Å². The van der Waals surface area contributed by atoms with E-state index < -0.39 is 0 Å². The Hall–Kier alpha value is -0.780. The van der Waals surface area contributed by atoms with Crippen molar-refractivity contribution in [3.8, 4) is 0 Å². The van der Waals surface area contributed by atoms with Crippen LogP contribution < -0.4 is 0 Å². The minimum atomic E-state index is 1.12. The van der Waals surface area contributed by atoms with E-state index in [0.717, 1.165) is 6.42 Å². The summed E-state index contributed by atoms with van der Waals surface area (Å²) in [6.07, 6.45) is 23.0. The van der Waals surface area contributed by atoms with Gasteiger partial charge in [-0.1, -0.05) is 49.6 Å². The molecule has 1 rings (SSSR count). The van der Waals surface area contributed by atoms with Gasteiger partial charge in [-0.05, 0) is 31.8 Å². The molecule has 0 heterocycles. The van der Waals surface area contributed by atoms with Crippen LogP contribution in [0.15, 0.2) is 30.4 Å². The third-order valence-corrected chi connectivity index (χ3v) is 2.26. The van der Waals surface area contributed by atoms with E-state index in [9.17, 15) is 0 Å². The quantitative estimate of drug-likeness (QED) is 0.517. The molecule has 0 aromatic rings. The summed E-state index contributed by atoms with van der Waals surface area (Å²) in [5.41, 5.74) is 0. The summed E-state index contributed by atoms with van der Waals surface area (Å²) in [6, 6.07) is 0. The van der Waals surface area contributed by atoms with E-state index in [4.69, 9.17) is 0 Å². The fourth-order valence-electron chi connectivity index (χ4n) is 1.47. The number of hydrogen-bond donors (Lipinski definition) is 0. The van der Waals surface area contributed by atoms with E-state index in [1.165, 1.54) is 38.5 Å². The van der Waals surface area contributed by atoms with Crippen molar-refractivity contribution in [3.05, 3.63) is 36.5 Å². The molecule has 1 aliphatic carbocycles. The number of allylic oxidation sites excluding steroid dienone is 6. The van der Waals surface area contributed by atoms with E-state index in [2.05, 4.69) is 30.4 Å². The number of rotatable bonds is 0. The van der Waals surface area contributed by atoms with Crippen molar-refractivity contribution < 1.29 is 0 Å². The van der Waals surface area contributed by atoms with Crippen molar-refractivity contribution in [2.24, 2.45) is 0 Å². The van der Waals surface area contributed by atoms with Crippen LogP contribution in [0.3, 0.4) is 0 Å². The lowest BCUT2D eigenvalue weighted by molar-refractivity contribution is 0.619. The molecular formula is C13H19. The fourth-order valence-corrected chi connectivity index (χ4v) is 1.47. The van der Waals surface area contributed by atoms with E-state index in [-0.39, 0.29) is 0 Å². The summed E-state index contributed by atoms with van der Waals surface area (Å²) in [5, 5.41) is 0. The molecule has 0 aromatic heterocycles. The Labute approximate surface area is 82.0 Å². The normalized spacial score (nSPS) is 27.7. The highest BCUT2D eigenvalue weighted by atomic mass is 13.9. The van der Waals surface area contributed by atoms with E-state index in [0.29, 0.717) is 0 Å². The van der Waals surface area contributed by atoms with Gasteiger partial charge in [0.15, 0.2) is 0 Å². The first-order valence-corrected chi connectivity index (χ1v) is 5.38. The van der Waals surface area contributed by atoms with Gasteiger partial charge in [-0.25, -0.2) is 0 Å². The maximum absolute atomic E-state index is 3.28. The van der Waals surface area contributed by atoms with Crippen LogP contribution in [0, 0.1) is 6.08 Å². The average Bonchev–Trinajstić information content (AvgIpc) is 2.18. The third-order valence-electron chi connectivity index (χ3n) is 2.26. The Morgan fingerprint density at radius 2 is 1.62 bits per heavy atom. The van der Waals surface area contributed by atoms with E-state index >= 15 is 0 Å². The molecule has 0 saturated carbocycles. The monoisotopic (exact) mass is 175 g/mol. The van der Waals surface area contributed by atoms with Gasteiger partial charge in [-0.3, -0.25) is 0 Å². The van der Waals surface area contributed by atoms with Gasteiger partial charge in [-0.2, -0.15) is 0 Å². The maximum Gasteiger partial charge on any atom is -0.0276 e. The van der Waals surface area contributed by atoms with Gasteiger partial charge in [0.05, 0.1) is 0 Å². The van der Waals surface area contributed by atoms with Crippen molar-refractivity contribution in [2.45, 2.75) is 44.9 Å². The predicted octanol–water partition coefficient (Wildman–Crippen LogP) is 4.20. The molecule has 0 aromatic carbocycles. The third kappa shape index (κ3) is 6.39. The minimum absolute atomic E-state index is 1.12. The first kappa shape index (κ1) is 10.3. The molecule has 1 aliphatic rings. The van der Waals surface area contributed by atoms with Crippen molar-refractivity contribution in [3.63, 3.8) is 0 Å². The van der Waals surface area contributed by atoms with Crippen LogP contribution in [0.1, 0.15) is 44.9 Å². The first-order chi connectivity index (χ1) is 6.50. The number of hydrogen-bond acceptors (Lipinski definition) is 0. The van der Waals surface area contributed by atoms with E-state index in [1.807, 2.05) is 6.08 Å². The average molecular weight is 175 g/mol. The Morgan fingerprint density at radius 3 is 2.62 bits per heavy atom. The highest BCUT2D eigenvalue weighted by molar-refractivity contribution is 5.09. The van der Waals surface area contributed by atoms with Gasteiger partial charge in [0.25, 0.3) is 0 Å². The summed E-state index contributed by atoms with van der Waals surface area (Å²) >= 11 is 0. The zero-order valence-electron chi connectivity index (χ0n) is 8.34. The summed E-state index contributed by atoms with van der Waals surface area (Å²) in [5.74, 6) is 0. The van der Waals surface area contributed by atoms with Crippen LogP contribution in [0.4, 0.5) is 0 Å². The van der Waals surface area contributed by atoms with Gasteiger partial charge < -0.3 is 0 Å². The zero-order valence-corrected chi connectivity index (χ0v) is 8.34. The van der Waals surface area contributed by atoms with Crippen LogP contribution in [-0.2, 0) is 0 Å². The molecule has 0 bridgehead atoms. The molecule has 0 N–H and O–H groups in total. The topological polar surface area (TPSA) is 0 Å². The molecule has 71 valence electrons. The Kier molecular flexibility index (Phi) is 6.22. The molecule has 0 heteroatoms. The smallest absolute Gasteiger partial charge is 0.0276 e. The van der Waals surface area contributed by atoms with Gasteiger partial charge >= 0.3 is 0 Å². The molecule has 0 saturated heterocycles. The summed E-state index contributed by atoms with van der Waals surface area (Å²) in [6.45, 7) is 0. The molecule has 0 amide bonds. The minimum Gasteiger partial charge on any atom is -0.0845 e. The second kappa shape index (κ2) is 7.85. The lowest BCUT2D eigenvalue weighted by Crippen LogP contribution is -1.77. The second-order valence-corrected chi connectivity index (χ2v) is 3.49. The maximum atomic E-state index is 3.28. The summed E-state index contributed by atoms with van der Waals surface area (Å²) in [7, 11) is 0. The van der Waals surface area contributed by atoms with Crippen molar-refractivity contribution in [1.82, 2.24) is 0 Å². The van der Waals surface area contributed by atoms with E-state index in [1.54, 1.807) is 0 Å². The van der Waals surface area contributed by atoms with Gasteiger partial charge in [0, 0.05) is 0 Å². The first-order valence-electron chi connectivity index (χ1n) is 5.38. The molecular weight excluding hydrogens is 156 g/mol. The molecule has 0 fully saturated rings. The van der Waals surface area contributed by atoms with Crippen LogP contribution in [0.5, 0.6) is 0 Å². The standard InChI is InChI=1S/C13H19/c1-2-4-6-8-10-12-13-11-9-7-5-3-1/h1-5H,6,8-13H2/b3-1-,4-2+,7-5?. The van der Waals surface area contributed by atoms with Crippen LogP contribution in [-0.4, -0.2) is 0 Å². The highest BCUT2D eigenvalue weighted by Crippen LogP contribution is 2.08. The lowest BCUT2D eigenvalue weighted by atomic mass is 10.1. The molecule has 0 unspecified atom stereocenters. The Morgan fingerprint density at radius 1 is 0.769 bits per heavy atom. The largest absolute Gasteiger partial charge is 0.0845 e. The predicted molar refractivity (Wildman–Crippen MR) is 58.4 cm³/mol. The van der Waals surface area contributed by atoms with Crippen molar-refractivity contribution in [2.75, 3.05) is 0 Å². The van der Waals surface area contributed by atoms with Gasteiger partial charge in [0.2, 0.25) is 0 Å². The SMILES string of the molecule is [C]1=C/C=C\C=C\CCCCCCC/1. The van der Waals surface area contributed by atoms with Crippen molar-refractivity contribution >= 4 is 0 Å². The molecule has 0 spiro atoms. The molecule has 0 aliphatic heterocycles. The molecule has 1 radical (unpaired) electrons. The van der Waals surface area contributed by atoms with Crippen LogP contribution >= 0.6 is 0 Å². The molecule has 0 nitrogen and oxygen atoms in total. The van der Waals surface area contributed by atoms with Gasteiger partial charge in [-0.15, -0.1) is 0 Å². The second-order valence-electron chi connectivity index (χ2n) is 3.49. The fraction of sp³-hybridized carbons (Fsp3) is 0.538. The molecule has 13 heavy (non-hydrogen) atoms.